The maximum absolute atomic E-state index is 12.1. The van der Waals surface area contributed by atoms with E-state index >= 15 is 0 Å². The second kappa shape index (κ2) is 5.41. The van der Waals surface area contributed by atoms with E-state index in [9.17, 15) is 4.79 Å². The molecule has 0 bridgehead atoms. The van der Waals surface area contributed by atoms with Crippen LogP contribution in [0.1, 0.15) is 16.2 Å². The third-order valence-electron chi connectivity index (χ3n) is 3.05. The fourth-order valence-electron chi connectivity index (χ4n) is 2.01. The van der Waals surface area contributed by atoms with E-state index in [1.165, 1.54) is 0 Å². The van der Waals surface area contributed by atoms with Crippen LogP contribution in [0.4, 0.5) is 5.69 Å². The number of benzene rings is 1. The minimum atomic E-state index is -0.281. The lowest BCUT2D eigenvalue weighted by Gasteiger charge is -2.07. The van der Waals surface area contributed by atoms with Crippen LogP contribution in [0.15, 0.2) is 42.6 Å². The average Bonchev–Trinajstić information content (AvgIpc) is 2.88. The van der Waals surface area contributed by atoms with Gasteiger partial charge in [-0.1, -0.05) is 17.7 Å². The van der Waals surface area contributed by atoms with E-state index in [0.29, 0.717) is 22.1 Å². The van der Waals surface area contributed by atoms with Crippen molar-refractivity contribution in [3.63, 3.8) is 0 Å². The van der Waals surface area contributed by atoms with Gasteiger partial charge in [-0.2, -0.15) is 0 Å². The Kier molecular flexibility index (Phi) is 3.45. The molecule has 0 unspecified atom stereocenters. The first-order valence-corrected chi connectivity index (χ1v) is 6.65. The smallest absolute Gasteiger partial charge is 0.253 e. The van der Waals surface area contributed by atoms with Crippen molar-refractivity contribution >= 4 is 28.8 Å². The van der Waals surface area contributed by atoms with Crippen molar-refractivity contribution in [1.29, 1.82) is 0 Å². The SMILES string of the molecule is Nc1cc(Cl)ccc1C(=O)NCc1nnc2ccccn12. The highest BCUT2D eigenvalue weighted by atomic mass is 35.5. The van der Waals surface area contributed by atoms with Gasteiger partial charge in [0, 0.05) is 16.9 Å². The van der Waals surface area contributed by atoms with Gasteiger partial charge in [-0.15, -0.1) is 10.2 Å². The van der Waals surface area contributed by atoms with Gasteiger partial charge in [0.2, 0.25) is 0 Å². The zero-order chi connectivity index (χ0) is 14.8. The first-order chi connectivity index (χ1) is 10.1. The van der Waals surface area contributed by atoms with Crippen molar-refractivity contribution in [2.24, 2.45) is 0 Å². The minimum Gasteiger partial charge on any atom is -0.398 e. The molecule has 3 N–H and O–H groups in total. The van der Waals surface area contributed by atoms with Crippen molar-refractivity contribution in [1.82, 2.24) is 19.9 Å². The van der Waals surface area contributed by atoms with Crippen LogP contribution < -0.4 is 11.1 Å². The average molecular weight is 302 g/mol. The van der Waals surface area contributed by atoms with Gasteiger partial charge in [0.1, 0.15) is 0 Å². The maximum atomic E-state index is 12.1. The summed E-state index contributed by atoms with van der Waals surface area (Å²) in [6, 6.07) is 10.4. The highest BCUT2D eigenvalue weighted by Crippen LogP contribution is 2.17. The molecule has 0 aliphatic heterocycles. The number of anilines is 1. The molecule has 0 aliphatic carbocycles. The Morgan fingerprint density at radius 1 is 1.29 bits per heavy atom. The number of amides is 1. The lowest BCUT2D eigenvalue weighted by atomic mass is 10.1. The van der Waals surface area contributed by atoms with Crippen LogP contribution in [-0.4, -0.2) is 20.5 Å². The molecule has 2 heterocycles. The number of nitrogen functional groups attached to an aromatic ring is 1. The molecule has 21 heavy (non-hydrogen) atoms. The summed E-state index contributed by atoms with van der Waals surface area (Å²) in [5, 5.41) is 11.3. The summed E-state index contributed by atoms with van der Waals surface area (Å²) in [7, 11) is 0. The Hall–Kier alpha value is -2.60. The number of nitrogens with two attached hydrogens (primary N) is 1. The van der Waals surface area contributed by atoms with Crippen molar-refractivity contribution in [3.8, 4) is 0 Å². The maximum Gasteiger partial charge on any atom is 0.253 e. The third-order valence-corrected chi connectivity index (χ3v) is 3.28. The van der Waals surface area contributed by atoms with Crippen LogP contribution in [0.3, 0.4) is 0 Å². The van der Waals surface area contributed by atoms with Crippen LogP contribution in [0.2, 0.25) is 5.02 Å². The highest BCUT2D eigenvalue weighted by molar-refractivity contribution is 6.31. The highest BCUT2D eigenvalue weighted by Gasteiger charge is 2.11. The summed E-state index contributed by atoms with van der Waals surface area (Å²) >= 11 is 5.81. The van der Waals surface area contributed by atoms with E-state index in [0.717, 1.165) is 5.65 Å². The monoisotopic (exact) mass is 301 g/mol. The molecule has 0 aliphatic rings. The standard InChI is InChI=1S/C14H12ClN5O/c15-9-4-5-10(11(16)7-9)14(21)17-8-13-19-18-12-3-1-2-6-20(12)13/h1-7H,8,16H2,(H,17,21). The fourth-order valence-corrected chi connectivity index (χ4v) is 2.19. The molecule has 3 rings (SSSR count). The van der Waals surface area contributed by atoms with E-state index in [1.54, 1.807) is 18.2 Å². The van der Waals surface area contributed by atoms with Crippen molar-refractivity contribution in [3.05, 3.63) is 59.0 Å². The topological polar surface area (TPSA) is 85.3 Å². The molecule has 106 valence electrons. The third kappa shape index (κ3) is 2.66. The Bertz CT molecular complexity index is 814. The molecular weight excluding hydrogens is 290 g/mol. The van der Waals surface area contributed by atoms with Gasteiger partial charge in [-0.25, -0.2) is 0 Å². The molecule has 0 saturated heterocycles. The van der Waals surface area contributed by atoms with Crippen LogP contribution in [0.25, 0.3) is 5.65 Å². The van der Waals surface area contributed by atoms with Crippen LogP contribution in [-0.2, 0) is 6.54 Å². The Labute approximate surface area is 125 Å². The van der Waals surface area contributed by atoms with Crippen LogP contribution in [0, 0.1) is 0 Å². The van der Waals surface area contributed by atoms with E-state index < -0.39 is 0 Å². The zero-order valence-electron chi connectivity index (χ0n) is 11.0. The summed E-state index contributed by atoms with van der Waals surface area (Å²) in [5.41, 5.74) is 7.23. The van der Waals surface area contributed by atoms with Crippen molar-refractivity contribution < 1.29 is 4.79 Å². The van der Waals surface area contributed by atoms with E-state index in [1.807, 2.05) is 28.8 Å². The van der Waals surface area contributed by atoms with Gasteiger partial charge in [0.25, 0.3) is 5.91 Å². The molecule has 1 amide bonds. The Balaban J connectivity index is 1.77. The van der Waals surface area contributed by atoms with E-state index in [4.69, 9.17) is 17.3 Å². The lowest BCUT2D eigenvalue weighted by Crippen LogP contribution is -2.24. The first-order valence-electron chi connectivity index (χ1n) is 6.27. The number of nitrogens with zero attached hydrogens (tertiary/aromatic N) is 3. The largest absolute Gasteiger partial charge is 0.398 e. The number of halogens is 1. The predicted molar refractivity (Wildman–Crippen MR) is 80.0 cm³/mol. The quantitative estimate of drug-likeness (QED) is 0.724. The predicted octanol–water partition coefficient (Wildman–Crippen LogP) is 1.89. The summed E-state index contributed by atoms with van der Waals surface area (Å²) < 4.78 is 1.81. The molecule has 6 nitrogen and oxygen atoms in total. The molecule has 0 atom stereocenters. The summed E-state index contributed by atoms with van der Waals surface area (Å²) in [6.07, 6.45) is 1.84. The summed E-state index contributed by atoms with van der Waals surface area (Å²) in [4.78, 5) is 12.1. The van der Waals surface area contributed by atoms with Crippen molar-refractivity contribution in [2.45, 2.75) is 6.54 Å². The minimum absolute atomic E-state index is 0.256. The molecule has 0 spiro atoms. The molecule has 0 radical (unpaired) electrons. The number of rotatable bonds is 3. The molecule has 0 fully saturated rings. The number of nitrogens with one attached hydrogen (secondary N) is 1. The number of aromatic nitrogens is 3. The van der Waals surface area contributed by atoms with E-state index in [-0.39, 0.29) is 12.5 Å². The van der Waals surface area contributed by atoms with Crippen LogP contribution >= 0.6 is 11.6 Å². The van der Waals surface area contributed by atoms with Gasteiger partial charge in [0.05, 0.1) is 12.1 Å². The van der Waals surface area contributed by atoms with E-state index in [2.05, 4.69) is 15.5 Å². The first kappa shape index (κ1) is 13.4. The lowest BCUT2D eigenvalue weighted by molar-refractivity contribution is 0.0950. The van der Waals surface area contributed by atoms with Gasteiger partial charge < -0.3 is 11.1 Å². The number of carbonyl (C=O) groups excluding carboxylic acids is 1. The number of pyridine rings is 1. The van der Waals surface area contributed by atoms with Gasteiger partial charge >= 0.3 is 0 Å². The second-order valence-electron chi connectivity index (χ2n) is 4.46. The number of hydrogen-bond donors (Lipinski definition) is 2. The van der Waals surface area contributed by atoms with Gasteiger partial charge in [-0.3, -0.25) is 9.20 Å². The number of hydrogen-bond acceptors (Lipinski definition) is 4. The molecule has 0 saturated carbocycles. The van der Waals surface area contributed by atoms with Gasteiger partial charge in [-0.05, 0) is 30.3 Å². The molecule has 1 aromatic carbocycles. The fraction of sp³-hybridized carbons (Fsp3) is 0.0714. The number of carbonyl (C=O) groups is 1. The van der Waals surface area contributed by atoms with Crippen LogP contribution in [0.5, 0.6) is 0 Å². The van der Waals surface area contributed by atoms with Gasteiger partial charge in [0.15, 0.2) is 11.5 Å². The zero-order valence-corrected chi connectivity index (χ0v) is 11.7. The summed E-state index contributed by atoms with van der Waals surface area (Å²) in [6.45, 7) is 0.256. The second-order valence-corrected chi connectivity index (χ2v) is 4.90. The Morgan fingerprint density at radius 3 is 2.95 bits per heavy atom. The van der Waals surface area contributed by atoms with Crippen molar-refractivity contribution in [2.75, 3.05) is 5.73 Å². The summed E-state index contributed by atoms with van der Waals surface area (Å²) in [5.74, 6) is 0.364. The molecule has 2 aromatic heterocycles. The molecule has 7 heteroatoms. The Morgan fingerprint density at radius 2 is 2.14 bits per heavy atom. The number of fused-ring (bicyclic) bond motifs is 1. The normalized spacial score (nSPS) is 10.7. The molecular formula is C14H12ClN5O. The molecule has 3 aromatic rings.